The first-order chi connectivity index (χ1) is 14.8. The highest BCUT2D eigenvalue weighted by Gasteiger charge is 2.25. The fraction of sp³-hybridized carbons (Fsp3) is 0.429. The number of rotatable bonds is 10. The predicted molar refractivity (Wildman–Crippen MR) is 131 cm³/mol. The number of unbranched alkanes of at least 4 members (excludes halogenated alkanes) is 1. The molecule has 3 rings (SSSR count). The van der Waals surface area contributed by atoms with Crippen LogP contribution in [0, 0.1) is 11.8 Å². The summed E-state index contributed by atoms with van der Waals surface area (Å²) in [6, 6.07) is 19.2. The summed E-state index contributed by atoms with van der Waals surface area (Å²) in [7, 11) is 0. The molecule has 0 bridgehead atoms. The van der Waals surface area contributed by atoms with E-state index in [1.165, 1.54) is 56.1 Å². The molecule has 2 nitrogen and oxygen atoms in total. The molecule has 0 atom stereocenters. The van der Waals surface area contributed by atoms with Gasteiger partial charge in [0, 0.05) is 5.92 Å². The van der Waals surface area contributed by atoms with E-state index < -0.39 is 0 Å². The molecule has 0 unspecified atom stereocenters. The Bertz CT molecular complexity index is 809. The smallest absolute Gasteiger partial charge is 0.0733 e. The zero-order chi connectivity index (χ0) is 21.0. The molecule has 2 aromatic rings. The SMILES string of the molecule is C=CCCc1ccc(C=NN=C(c2ccccc2)C2CCC(CCCC)CC2)cc1. The third-order valence-electron chi connectivity index (χ3n) is 6.26. The van der Waals surface area contributed by atoms with Crippen LogP contribution in [0.15, 0.2) is 77.5 Å². The van der Waals surface area contributed by atoms with Crippen LogP contribution in [0.3, 0.4) is 0 Å². The number of nitrogens with zero attached hydrogens (tertiary/aromatic N) is 2. The zero-order valence-electron chi connectivity index (χ0n) is 18.5. The van der Waals surface area contributed by atoms with E-state index in [2.05, 4.69) is 73.2 Å². The van der Waals surface area contributed by atoms with Crippen LogP contribution in [0.1, 0.15) is 75.0 Å². The Kier molecular flexibility index (Phi) is 9.08. The topological polar surface area (TPSA) is 24.7 Å². The summed E-state index contributed by atoms with van der Waals surface area (Å²) in [5.41, 5.74) is 4.80. The van der Waals surface area contributed by atoms with Crippen LogP contribution in [0.4, 0.5) is 0 Å². The quantitative estimate of drug-likeness (QED) is 0.222. The van der Waals surface area contributed by atoms with Crippen molar-refractivity contribution in [1.82, 2.24) is 0 Å². The van der Waals surface area contributed by atoms with Gasteiger partial charge < -0.3 is 0 Å². The van der Waals surface area contributed by atoms with Crippen LogP contribution in [0.2, 0.25) is 0 Å². The normalized spacial score (nSPS) is 19.8. The van der Waals surface area contributed by atoms with E-state index >= 15 is 0 Å². The van der Waals surface area contributed by atoms with E-state index in [1.807, 2.05) is 12.3 Å². The van der Waals surface area contributed by atoms with E-state index in [1.54, 1.807) is 0 Å². The molecule has 0 radical (unpaired) electrons. The minimum atomic E-state index is 0.517. The van der Waals surface area contributed by atoms with Gasteiger partial charge in [-0.3, -0.25) is 0 Å². The van der Waals surface area contributed by atoms with Gasteiger partial charge in [-0.05, 0) is 61.1 Å². The van der Waals surface area contributed by atoms with Crippen molar-refractivity contribution >= 4 is 11.9 Å². The van der Waals surface area contributed by atoms with Crippen molar-refractivity contribution < 1.29 is 0 Å². The summed E-state index contributed by atoms with van der Waals surface area (Å²) in [5, 5.41) is 9.25. The lowest BCUT2D eigenvalue weighted by molar-refractivity contribution is 0.301. The van der Waals surface area contributed by atoms with E-state index in [-0.39, 0.29) is 0 Å². The molecule has 0 N–H and O–H groups in total. The molecule has 0 amide bonds. The Morgan fingerprint density at radius 1 is 1.00 bits per heavy atom. The van der Waals surface area contributed by atoms with Gasteiger partial charge in [0.05, 0.1) is 11.9 Å². The molecule has 1 aliphatic carbocycles. The van der Waals surface area contributed by atoms with Crippen LogP contribution in [0.25, 0.3) is 0 Å². The lowest BCUT2D eigenvalue weighted by atomic mass is 9.76. The molecule has 0 saturated heterocycles. The van der Waals surface area contributed by atoms with Gasteiger partial charge in [-0.2, -0.15) is 10.2 Å². The monoisotopic (exact) mass is 400 g/mol. The van der Waals surface area contributed by atoms with Crippen molar-refractivity contribution in [3.8, 4) is 0 Å². The second-order valence-corrected chi connectivity index (χ2v) is 8.52. The van der Waals surface area contributed by atoms with Crippen molar-refractivity contribution in [1.29, 1.82) is 0 Å². The highest BCUT2D eigenvalue weighted by molar-refractivity contribution is 6.02. The summed E-state index contributed by atoms with van der Waals surface area (Å²) < 4.78 is 0. The van der Waals surface area contributed by atoms with Crippen molar-refractivity contribution in [3.05, 3.63) is 83.9 Å². The minimum absolute atomic E-state index is 0.517. The summed E-state index contributed by atoms with van der Waals surface area (Å²) in [6.45, 7) is 6.09. The highest BCUT2D eigenvalue weighted by Crippen LogP contribution is 2.34. The molecule has 0 spiro atoms. The maximum atomic E-state index is 4.74. The van der Waals surface area contributed by atoms with Gasteiger partial charge in [0.1, 0.15) is 0 Å². The fourth-order valence-electron chi connectivity index (χ4n) is 4.40. The Morgan fingerprint density at radius 3 is 2.40 bits per heavy atom. The molecule has 2 heteroatoms. The number of hydrogen-bond donors (Lipinski definition) is 0. The Morgan fingerprint density at radius 2 is 1.73 bits per heavy atom. The molecule has 158 valence electrons. The lowest BCUT2D eigenvalue weighted by Crippen LogP contribution is -2.22. The van der Waals surface area contributed by atoms with Gasteiger partial charge in [-0.15, -0.1) is 6.58 Å². The van der Waals surface area contributed by atoms with Crippen LogP contribution in [-0.2, 0) is 6.42 Å². The van der Waals surface area contributed by atoms with Crippen molar-refractivity contribution in [2.45, 2.75) is 64.7 Å². The van der Waals surface area contributed by atoms with Crippen molar-refractivity contribution in [3.63, 3.8) is 0 Å². The van der Waals surface area contributed by atoms with E-state index in [4.69, 9.17) is 5.10 Å². The summed E-state index contributed by atoms with van der Waals surface area (Å²) in [6.07, 6.45) is 15.1. The fourth-order valence-corrected chi connectivity index (χ4v) is 4.40. The first-order valence-corrected chi connectivity index (χ1v) is 11.7. The van der Waals surface area contributed by atoms with Gasteiger partial charge in [-0.1, -0.05) is 86.9 Å². The van der Waals surface area contributed by atoms with Crippen LogP contribution < -0.4 is 0 Å². The molecule has 30 heavy (non-hydrogen) atoms. The molecule has 0 aromatic heterocycles. The number of hydrogen-bond acceptors (Lipinski definition) is 2. The Labute approximate surface area is 182 Å². The van der Waals surface area contributed by atoms with Crippen LogP contribution >= 0.6 is 0 Å². The largest absolute Gasteiger partial charge is 0.158 e. The third-order valence-corrected chi connectivity index (χ3v) is 6.26. The van der Waals surface area contributed by atoms with Gasteiger partial charge in [0.2, 0.25) is 0 Å². The molecule has 2 aromatic carbocycles. The van der Waals surface area contributed by atoms with Crippen molar-refractivity contribution in [2.24, 2.45) is 22.0 Å². The Hall–Kier alpha value is -2.48. The van der Waals surface area contributed by atoms with Crippen LogP contribution in [0.5, 0.6) is 0 Å². The standard InChI is InChI=1S/C28H36N2/c1-3-5-10-23-14-16-25(17-15-23)22-29-30-28(26-12-8-7-9-13-26)27-20-18-24(19-21-27)11-6-4-2/h3,7-9,12-17,22,24,27H,1,4-6,10-11,18-21H2,2H3. The average molecular weight is 401 g/mol. The minimum Gasteiger partial charge on any atom is -0.158 e. The van der Waals surface area contributed by atoms with Gasteiger partial charge in [0.15, 0.2) is 0 Å². The maximum Gasteiger partial charge on any atom is 0.0733 e. The highest BCUT2D eigenvalue weighted by atomic mass is 15.2. The molecular weight excluding hydrogens is 364 g/mol. The predicted octanol–water partition coefficient (Wildman–Crippen LogP) is 7.63. The molecule has 1 aliphatic rings. The average Bonchev–Trinajstić information content (AvgIpc) is 2.81. The number of allylic oxidation sites excluding steroid dienone is 1. The van der Waals surface area contributed by atoms with E-state index in [0.717, 1.165) is 30.0 Å². The lowest BCUT2D eigenvalue weighted by Gasteiger charge is -2.29. The first kappa shape index (κ1) is 22.2. The molecule has 1 fully saturated rings. The van der Waals surface area contributed by atoms with E-state index in [0.29, 0.717) is 5.92 Å². The Balaban J connectivity index is 1.69. The summed E-state index contributed by atoms with van der Waals surface area (Å²) in [5.74, 6) is 1.42. The molecule has 0 aliphatic heterocycles. The summed E-state index contributed by atoms with van der Waals surface area (Å²) >= 11 is 0. The van der Waals surface area contributed by atoms with E-state index in [9.17, 15) is 0 Å². The van der Waals surface area contributed by atoms with Gasteiger partial charge in [-0.25, -0.2) is 0 Å². The maximum absolute atomic E-state index is 4.74. The molecule has 0 heterocycles. The summed E-state index contributed by atoms with van der Waals surface area (Å²) in [4.78, 5) is 0. The molecular formula is C28H36N2. The number of aryl methyl sites for hydroxylation is 1. The second-order valence-electron chi connectivity index (χ2n) is 8.52. The third kappa shape index (κ3) is 6.79. The van der Waals surface area contributed by atoms with Crippen LogP contribution in [-0.4, -0.2) is 11.9 Å². The van der Waals surface area contributed by atoms with Gasteiger partial charge >= 0.3 is 0 Å². The first-order valence-electron chi connectivity index (χ1n) is 11.7. The zero-order valence-corrected chi connectivity index (χ0v) is 18.5. The number of benzene rings is 2. The molecule has 1 saturated carbocycles. The van der Waals surface area contributed by atoms with Gasteiger partial charge in [0.25, 0.3) is 0 Å². The van der Waals surface area contributed by atoms with Crippen molar-refractivity contribution in [2.75, 3.05) is 0 Å². The second kappa shape index (κ2) is 12.3.